The molecule has 1 N–H and O–H groups in total. The lowest BCUT2D eigenvalue weighted by Crippen LogP contribution is -2.13. The number of fused-ring (bicyclic) bond motifs is 1. The Balaban J connectivity index is 2.28. The third-order valence-corrected chi connectivity index (χ3v) is 4.82. The topological polar surface area (TPSA) is 37.8 Å². The molecule has 0 aliphatic rings. The molecule has 2 heterocycles. The molecule has 0 fully saturated rings. The lowest BCUT2D eigenvalue weighted by atomic mass is 10.0. The van der Waals surface area contributed by atoms with Crippen LogP contribution in [-0.2, 0) is 6.42 Å². The van der Waals surface area contributed by atoms with Crippen molar-refractivity contribution in [2.45, 2.75) is 40.0 Å². The average Bonchev–Trinajstić information content (AvgIpc) is 2.82. The molecule has 0 amide bonds. The summed E-state index contributed by atoms with van der Waals surface area (Å²) in [7, 11) is 0. The molecule has 0 saturated heterocycles. The van der Waals surface area contributed by atoms with Crippen molar-refractivity contribution in [3.63, 3.8) is 0 Å². The normalized spacial score (nSPS) is 11.4. The van der Waals surface area contributed by atoms with Gasteiger partial charge in [-0.25, -0.2) is 9.97 Å². The second kappa shape index (κ2) is 6.53. The van der Waals surface area contributed by atoms with Gasteiger partial charge < -0.3 is 5.32 Å². The summed E-state index contributed by atoms with van der Waals surface area (Å²) < 4.78 is 0. The van der Waals surface area contributed by atoms with Gasteiger partial charge in [-0.1, -0.05) is 33.6 Å². The molecule has 0 radical (unpaired) electrons. The number of anilines is 1. The highest BCUT2D eigenvalue weighted by Gasteiger charge is 2.11. The molecular formula is C14H20ClN3S. The Morgan fingerprint density at radius 3 is 2.63 bits per heavy atom. The molecule has 19 heavy (non-hydrogen) atoms. The fourth-order valence-electron chi connectivity index (χ4n) is 2.07. The van der Waals surface area contributed by atoms with Crippen LogP contribution in [0.1, 0.15) is 38.5 Å². The third-order valence-electron chi connectivity index (χ3n) is 3.48. The predicted octanol–water partition coefficient (Wildman–Crippen LogP) is 4.76. The molecule has 2 aromatic rings. The molecule has 0 saturated carbocycles. The van der Waals surface area contributed by atoms with Crippen LogP contribution in [0.3, 0.4) is 0 Å². The van der Waals surface area contributed by atoms with Gasteiger partial charge in [-0.15, -0.1) is 11.3 Å². The molecular weight excluding hydrogens is 278 g/mol. The SMILES string of the molecule is CCc1cc2c(NCC(CC)CC)nc(Cl)nc2s1. The molecule has 0 unspecified atom stereocenters. The van der Waals surface area contributed by atoms with E-state index in [2.05, 4.69) is 42.1 Å². The molecule has 2 rings (SSSR count). The summed E-state index contributed by atoms with van der Waals surface area (Å²) in [5, 5.41) is 4.86. The maximum Gasteiger partial charge on any atom is 0.225 e. The number of rotatable bonds is 6. The van der Waals surface area contributed by atoms with E-state index in [1.54, 1.807) is 11.3 Å². The van der Waals surface area contributed by atoms with Crippen LogP contribution in [0.2, 0.25) is 5.28 Å². The van der Waals surface area contributed by atoms with Crippen LogP contribution in [0.15, 0.2) is 6.07 Å². The molecule has 0 spiro atoms. The molecule has 104 valence electrons. The van der Waals surface area contributed by atoms with Crippen LogP contribution < -0.4 is 5.32 Å². The number of nitrogens with zero attached hydrogens (tertiary/aromatic N) is 2. The zero-order valence-electron chi connectivity index (χ0n) is 11.7. The smallest absolute Gasteiger partial charge is 0.225 e. The highest BCUT2D eigenvalue weighted by molar-refractivity contribution is 7.18. The fourth-order valence-corrected chi connectivity index (χ4v) is 3.26. The largest absolute Gasteiger partial charge is 0.369 e. The zero-order chi connectivity index (χ0) is 13.8. The lowest BCUT2D eigenvalue weighted by Gasteiger charge is -2.14. The summed E-state index contributed by atoms with van der Waals surface area (Å²) in [6.45, 7) is 7.53. The molecule has 0 aromatic carbocycles. The van der Waals surface area contributed by atoms with E-state index in [9.17, 15) is 0 Å². The molecule has 3 nitrogen and oxygen atoms in total. The first-order valence-corrected chi connectivity index (χ1v) is 8.07. The Morgan fingerprint density at radius 1 is 1.26 bits per heavy atom. The van der Waals surface area contributed by atoms with E-state index in [0.29, 0.717) is 11.2 Å². The second-order valence-corrected chi connectivity index (χ2v) is 6.14. The molecule has 5 heteroatoms. The van der Waals surface area contributed by atoms with Gasteiger partial charge >= 0.3 is 0 Å². The van der Waals surface area contributed by atoms with Gasteiger partial charge in [-0.05, 0) is 30.0 Å². The summed E-state index contributed by atoms with van der Waals surface area (Å²) >= 11 is 7.70. The number of nitrogens with one attached hydrogen (secondary N) is 1. The first-order chi connectivity index (χ1) is 9.17. The van der Waals surface area contributed by atoms with E-state index in [1.165, 1.54) is 17.7 Å². The number of halogens is 1. The van der Waals surface area contributed by atoms with Gasteiger partial charge in [0.25, 0.3) is 0 Å². The van der Waals surface area contributed by atoms with Gasteiger partial charge in [-0.3, -0.25) is 0 Å². The van der Waals surface area contributed by atoms with Crippen molar-refractivity contribution in [2.75, 3.05) is 11.9 Å². The van der Waals surface area contributed by atoms with Crippen LogP contribution in [0, 0.1) is 5.92 Å². The number of hydrogen-bond donors (Lipinski definition) is 1. The highest BCUT2D eigenvalue weighted by Crippen LogP contribution is 2.30. The first-order valence-electron chi connectivity index (χ1n) is 6.87. The minimum absolute atomic E-state index is 0.323. The average molecular weight is 298 g/mol. The van der Waals surface area contributed by atoms with Crippen LogP contribution >= 0.6 is 22.9 Å². The van der Waals surface area contributed by atoms with Gasteiger partial charge in [0.05, 0.1) is 5.39 Å². The molecule has 0 aliphatic carbocycles. The predicted molar refractivity (Wildman–Crippen MR) is 84.4 cm³/mol. The number of aromatic nitrogens is 2. The van der Waals surface area contributed by atoms with Crippen molar-refractivity contribution in [1.29, 1.82) is 0 Å². The minimum atomic E-state index is 0.323. The maximum absolute atomic E-state index is 6.00. The lowest BCUT2D eigenvalue weighted by molar-refractivity contribution is 0.518. The first kappa shape index (κ1) is 14.5. The fraction of sp³-hybridized carbons (Fsp3) is 0.571. The minimum Gasteiger partial charge on any atom is -0.369 e. The van der Waals surface area contributed by atoms with E-state index in [0.717, 1.165) is 29.0 Å². The van der Waals surface area contributed by atoms with Crippen molar-refractivity contribution >= 4 is 39.0 Å². The van der Waals surface area contributed by atoms with Crippen LogP contribution in [0.5, 0.6) is 0 Å². The van der Waals surface area contributed by atoms with Crippen LogP contribution in [0.4, 0.5) is 5.82 Å². The van der Waals surface area contributed by atoms with Gasteiger partial charge in [0.15, 0.2) is 0 Å². The monoisotopic (exact) mass is 297 g/mol. The van der Waals surface area contributed by atoms with Gasteiger partial charge in [0.2, 0.25) is 5.28 Å². The van der Waals surface area contributed by atoms with Gasteiger partial charge in [-0.2, -0.15) is 0 Å². The zero-order valence-corrected chi connectivity index (χ0v) is 13.2. The maximum atomic E-state index is 6.00. The molecule has 0 bridgehead atoms. The number of hydrogen-bond acceptors (Lipinski definition) is 4. The number of thiophene rings is 1. The Kier molecular flexibility index (Phi) is 4.99. The van der Waals surface area contributed by atoms with E-state index in [-0.39, 0.29) is 0 Å². The van der Waals surface area contributed by atoms with Crippen molar-refractivity contribution in [2.24, 2.45) is 5.92 Å². The van der Waals surface area contributed by atoms with Gasteiger partial charge in [0.1, 0.15) is 10.6 Å². The summed E-state index contributed by atoms with van der Waals surface area (Å²) in [6.07, 6.45) is 3.37. The van der Waals surface area contributed by atoms with Gasteiger partial charge in [0, 0.05) is 11.4 Å². The van der Waals surface area contributed by atoms with Crippen molar-refractivity contribution in [1.82, 2.24) is 9.97 Å². The highest BCUT2D eigenvalue weighted by atomic mass is 35.5. The Bertz CT molecular complexity index is 549. The summed E-state index contributed by atoms with van der Waals surface area (Å²) in [5.74, 6) is 1.55. The quantitative estimate of drug-likeness (QED) is 0.782. The van der Waals surface area contributed by atoms with E-state index < -0.39 is 0 Å². The summed E-state index contributed by atoms with van der Waals surface area (Å²) in [5.41, 5.74) is 0. The molecule has 0 atom stereocenters. The Morgan fingerprint density at radius 2 is 2.00 bits per heavy atom. The molecule has 0 aliphatic heterocycles. The number of aryl methyl sites for hydroxylation is 1. The Hall–Kier alpha value is -0.870. The van der Waals surface area contributed by atoms with Crippen molar-refractivity contribution in [3.8, 4) is 0 Å². The van der Waals surface area contributed by atoms with Crippen LogP contribution in [-0.4, -0.2) is 16.5 Å². The van der Waals surface area contributed by atoms with E-state index in [4.69, 9.17) is 11.6 Å². The van der Waals surface area contributed by atoms with E-state index in [1.807, 2.05) is 0 Å². The van der Waals surface area contributed by atoms with Crippen molar-refractivity contribution < 1.29 is 0 Å². The Labute approximate surface area is 123 Å². The standard InChI is InChI=1S/C14H20ClN3S/c1-4-9(5-2)8-16-12-11-7-10(6-3)19-13(11)18-14(15)17-12/h7,9H,4-6,8H2,1-3H3,(H,16,17,18). The summed E-state index contributed by atoms with van der Waals surface area (Å²) in [6, 6.07) is 2.17. The van der Waals surface area contributed by atoms with Crippen molar-refractivity contribution in [3.05, 3.63) is 16.2 Å². The van der Waals surface area contributed by atoms with E-state index >= 15 is 0 Å². The van der Waals surface area contributed by atoms with Crippen LogP contribution in [0.25, 0.3) is 10.2 Å². The molecule has 2 aromatic heterocycles. The third kappa shape index (κ3) is 3.37. The summed E-state index contributed by atoms with van der Waals surface area (Å²) in [4.78, 5) is 10.9. The second-order valence-electron chi connectivity index (χ2n) is 4.69.